The first-order chi connectivity index (χ1) is 9.83. The molecule has 0 saturated carbocycles. The molecule has 1 amide bonds. The molecule has 0 aliphatic heterocycles. The molecule has 0 aliphatic carbocycles. The molecule has 7 heteroatoms. The maximum Gasteiger partial charge on any atom is 0.328 e. The van der Waals surface area contributed by atoms with Gasteiger partial charge in [0.05, 0.1) is 7.11 Å². The van der Waals surface area contributed by atoms with Crippen LogP contribution >= 0.6 is 0 Å². The SMILES string of the molecule is COC(=O)[C@H](CC(C)C)NC(=O)[C@@H](O)[C@@H](N)CCCCN. The quantitative estimate of drug-likeness (QED) is 0.318. The van der Waals surface area contributed by atoms with Crippen LogP contribution in [0.25, 0.3) is 0 Å². The van der Waals surface area contributed by atoms with Crippen molar-refractivity contribution in [1.82, 2.24) is 5.32 Å². The number of methoxy groups -OCH3 is 1. The Hall–Kier alpha value is -1.18. The molecule has 0 rings (SSSR count). The summed E-state index contributed by atoms with van der Waals surface area (Å²) in [6.07, 6.45) is 1.13. The van der Waals surface area contributed by atoms with Crippen molar-refractivity contribution in [2.24, 2.45) is 17.4 Å². The van der Waals surface area contributed by atoms with Crippen LogP contribution in [0.3, 0.4) is 0 Å². The number of aliphatic hydroxyl groups is 1. The zero-order valence-corrected chi connectivity index (χ0v) is 13.2. The normalized spacial score (nSPS) is 15.4. The summed E-state index contributed by atoms with van der Waals surface area (Å²) in [5.74, 6) is -0.975. The predicted octanol–water partition coefficient (Wildman–Crippen LogP) is -0.492. The minimum Gasteiger partial charge on any atom is -0.467 e. The molecular formula is C14H29N3O4. The zero-order chi connectivity index (χ0) is 16.4. The summed E-state index contributed by atoms with van der Waals surface area (Å²) in [5, 5.41) is 12.4. The number of aliphatic hydroxyl groups excluding tert-OH is 1. The summed E-state index contributed by atoms with van der Waals surface area (Å²) in [6, 6.07) is -1.44. The van der Waals surface area contributed by atoms with Gasteiger partial charge >= 0.3 is 5.97 Å². The molecule has 21 heavy (non-hydrogen) atoms. The number of unbranched alkanes of at least 4 members (excludes halogenated alkanes) is 1. The maximum atomic E-state index is 12.0. The lowest BCUT2D eigenvalue weighted by molar-refractivity contribution is -0.147. The standard InChI is InChI=1S/C14H29N3O4/c1-9(2)8-11(14(20)21-3)17-13(19)12(18)10(16)6-4-5-7-15/h9-12,18H,4-8,15-16H2,1-3H3,(H,17,19)/t10-,11-,12-/m0/s1. The minimum atomic E-state index is -1.35. The molecule has 124 valence electrons. The van der Waals surface area contributed by atoms with Crippen molar-refractivity contribution in [3.05, 3.63) is 0 Å². The Kier molecular flexibility index (Phi) is 9.94. The van der Waals surface area contributed by atoms with Crippen molar-refractivity contribution >= 4 is 11.9 Å². The first-order valence-electron chi connectivity index (χ1n) is 7.35. The van der Waals surface area contributed by atoms with Crippen molar-refractivity contribution in [3.63, 3.8) is 0 Å². The number of rotatable bonds is 10. The zero-order valence-electron chi connectivity index (χ0n) is 13.2. The van der Waals surface area contributed by atoms with E-state index in [9.17, 15) is 14.7 Å². The van der Waals surface area contributed by atoms with Crippen LogP contribution in [0.2, 0.25) is 0 Å². The van der Waals surface area contributed by atoms with Gasteiger partial charge in [0.25, 0.3) is 5.91 Å². The Morgan fingerprint density at radius 3 is 2.38 bits per heavy atom. The van der Waals surface area contributed by atoms with Crippen molar-refractivity contribution in [2.75, 3.05) is 13.7 Å². The number of hydrogen-bond donors (Lipinski definition) is 4. The molecule has 0 aromatic heterocycles. The van der Waals surface area contributed by atoms with Gasteiger partial charge in [0.15, 0.2) is 0 Å². The number of amides is 1. The molecule has 0 unspecified atom stereocenters. The van der Waals surface area contributed by atoms with Crippen LogP contribution in [0.4, 0.5) is 0 Å². The Balaban J connectivity index is 4.48. The first kappa shape index (κ1) is 19.8. The number of nitrogens with two attached hydrogens (primary N) is 2. The van der Waals surface area contributed by atoms with E-state index in [0.29, 0.717) is 19.4 Å². The monoisotopic (exact) mass is 303 g/mol. The number of nitrogens with one attached hydrogen (secondary N) is 1. The smallest absolute Gasteiger partial charge is 0.328 e. The highest BCUT2D eigenvalue weighted by Crippen LogP contribution is 2.08. The lowest BCUT2D eigenvalue weighted by atomic mass is 10.0. The number of hydrogen-bond acceptors (Lipinski definition) is 6. The van der Waals surface area contributed by atoms with E-state index >= 15 is 0 Å². The van der Waals surface area contributed by atoms with Crippen LogP contribution in [0, 0.1) is 5.92 Å². The molecule has 0 heterocycles. The van der Waals surface area contributed by atoms with Gasteiger partial charge in [0, 0.05) is 6.04 Å². The maximum absolute atomic E-state index is 12.0. The Bertz CT molecular complexity index is 323. The van der Waals surface area contributed by atoms with Gasteiger partial charge in [-0.05, 0) is 31.7 Å². The van der Waals surface area contributed by atoms with Gasteiger partial charge in [-0.1, -0.05) is 20.3 Å². The molecule has 0 bridgehead atoms. The van der Waals surface area contributed by atoms with E-state index in [-0.39, 0.29) is 5.92 Å². The van der Waals surface area contributed by atoms with Crippen LogP contribution < -0.4 is 16.8 Å². The second kappa shape index (κ2) is 10.5. The minimum absolute atomic E-state index is 0.199. The summed E-state index contributed by atoms with van der Waals surface area (Å²) < 4.78 is 4.65. The molecule has 0 aliphatic rings. The molecule has 6 N–H and O–H groups in total. The molecule has 0 spiro atoms. The highest BCUT2D eigenvalue weighted by Gasteiger charge is 2.28. The Morgan fingerprint density at radius 1 is 1.29 bits per heavy atom. The fourth-order valence-electron chi connectivity index (χ4n) is 1.96. The van der Waals surface area contributed by atoms with E-state index in [1.54, 1.807) is 0 Å². The van der Waals surface area contributed by atoms with Crippen LogP contribution in [-0.4, -0.2) is 48.8 Å². The highest BCUT2D eigenvalue weighted by molar-refractivity contribution is 5.87. The number of carbonyl (C=O) groups is 2. The topological polar surface area (TPSA) is 128 Å². The number of esters is 1. The molecule has 3 atom stereocenters. The first-order valence-corrected chi connectivity index (χ1v) is 7.35. The Morgan fingerprint density at radius 2 is 1.90 bits per heavy atom. The molecule has 0 aromatic carbocycles. The fourth-order valence-corrected chi connectivity index (χ4v) is 1.96. The van der Waals surface area contributed by atoms with Crippen molar-refractivity contribution in [2.45, 2.75) is 57.7 Å². The van der Waals surface area contributed by atoms with E-state index in [1.165, 1.54) is 7.11 Å². The van der Waals surface area contributed by atoms with Crippen molar-refractivity contribution in [3.8, 4) is 0 Å². The molecule has 0 fully saturated rings. The average Bonchev–Trinajstić information content (AvgIpc) is 2.44. The molecule has 7 nitrogen and oxygen atoms in total. The summed E-state index contributed by atoms with van der Waals surface area (Å²) >= 11 is 0. The van der Waals surface area contributed by atoms with Crippen LogP contribution in [0.15, 0.2) is 0 Å². The number of ether oxygens (including phenoxy) is 1. The van der Waals surface area contributed by atoms with Gasteiger partial charge in [-0.2, -0.15) is 0 Å². The largest absolute Gasteiger partial charge is 0.467 e. The second-order valence-electron chi connectivity index (χ2n) is 5.61. The van der Waals surface area contributed by atoms with Crippen molar-refractivity contribution < 1.29 is 19.4 Å². The molecule has 0 saturated heterocycles. The molecule has 0 radical (unpaired) electrons. The van der Waals surface area contributed by atoms with E-state index in [4.69, 9.17) is 11.5 Å². The third kappa shape index (κ3) is 7.99. The van der Waals surface area contributed by atoms with Gasteiger partial charge in [-0.3, -0.25) is 4.79 Å². The van der Waals surface area contributed by atoms with Crippen LogP contribution in [0.5, 0.6) is 0 Å². The lowest BCUT2D eigenvalue weighted by Crippen LogP contribution is -2.51. The van der Waals surface area contributed by atoms with Gasteiger partial charge < -0.3 is 26.6 Å². The van der Waals surface area contributed by atoms with Gasteiger partial charge in [-0.15, -0.1) is 0 Å². The van der Waals surface area contributed by atoms with E-state index in [2.05, 4.69) is 10.1 Å². The van der Waals surface area contributed by atoms with Crippen molar-refractivity contribution in [1.29, 1.82) is 0 Å². The predicted molar refractivity (Wildman–Crippen MR) is 80.3 cm³/mol. The van der Waals surface area contributed by atoms with Gasteiger partial charge in [0.2, 0.25) is 0 Å². The van der Waals surface area contributed by atoms with Crippen LogP contribution in [-0.2, 0) is 14.3 Å². The summed E-state index contributed by atoms with van der Waals surface area (Å²) in [5.41, 5.74) is 11.2. The Labute approximate surface area is 126 Å². The second-order valence-corrected chi connectivity index (χ2v) is 5.61. The average molecular weight is 303 g/mol. The molecular weight excluding hydrogens is 274 g/mol. The van der Waals surface area contributed by atoms with Gasteiger partial charge in [0.1, 0.15) is 12.1 Å². The summed E-state index contributed by atoms with van der Waals surface area (Å²) in [7, 11) is 1.26. The van der Waals surface area contributed by atoms with E-state index < -0.39 is 30.1 Å². The van der Waals surface area contributed by atoms with Crippen LogP contribution in [0.1, 0.15) is 39.5 Å². The van der Waals surface area contributed by atoms with E-state index in [0.717, 1.165) is 12.8 Å². The molecule has 0 aromatic rings. The summed E-state index contributed by atoms with van der Waals surface area (Å²) in [4.78, 5) is 23.6. The third-order valence-electron chi connectivity index (χ3n) is 3.18. The van der Waals surface area contributed by atoms with E-state index in [1.807, 2.05) is 13.8 Å². The highest BCUT2D eigenvalue weighted by atomic mass is 16.5. The third-order valence-corrected chi connectivity index (χ3v) is 3.18. The lowest BCUT2D eigenvalue weighted by Gasteiger charge is -2.23. The van der Waals surface area contributed by atoms with Gasteiger partial charge in [-0.25, -0.2) is 4.79 Å². The number of carbonyl (C=O) groups excluding carboxylic acids is 2. The summed E-state index contributed by atoms with van der Waals surface area (Å²) in [6.45, 7) is 4.40. The fraction of sp³-hybridized carbons (Fsp3) is 0.857.